The molecule has 1 fully saturated rings. The molecule has 0 aliphatic carbocycles. The van der Waals surface area contributed by atoms with Crippen molar-refractivity contribution in [1.82, 2.24) is 15.1 Å². The summed E-state index contributed by atoms with van der Waals surface area (Å²) in [5.74, 6) is 2.04. The molecule has 0 radical (unpaired) electrons. The summed E-state index contributed by atoms with van der Waals surface area (Å²) in [6, 6.07) is 10.4. The Morgan fingerprint density at radius 1 is 1.30 bits per heavy atom. The van der Waals surface area contributed by atoms with E-state index >= 15 is 0 Å². The Morgan fingerprint density at radius 2 is 2.09 bits per heavy atom. The molecule has 5 nitrogen and oxygen atoms in total. The summed E-state index contributed by atoms with van der Waals surface area (Å²) in [7, 11) is 0. The summed E-state index contributed by atoms with van der Waals surface area (Å²) < 4.78 is 5.56. The Balaban J connectivity index is 1.51. The fourth-order valence-electron chi connectivity index (χ4n) is 2.96. The highest BCUT2D eigenvalue weighted by atomic mass is 16.4. The van der Waals surface area contributed by atoms with E-state index in [1.165, 1.54) is 5.56 Å². The van der Waals surface area contributed by atoms with Gasteiger partial charge in [0.25, 0.3) is 0 Å². The van der Waals surface area contributed by atoms with Crippen LogP contribution < -0.4 is 0 Å². The Labute approximate surface area is 136 Å². The van der Waals surface area contributed by atoms with Crippen LogP contribution in [-0.4, -0.2) is 34.1 Å². The highest BCUT2D eigenvalue weighted by Crippen LogP contribution is 2.27. The number of aromatic nitrogens is 2. The number of hydrogen-bond donors (Lipinski definition) is 0. The first-order chi connectivity index (χ1) is 11.1. The SMILES string of the molecule is CC(C)c1nnc(CCC(=O)N2CCC(c3ccccc3)C2)o1. The molecule has 0 spiro atoms. The zero-order chi connectivity index (χ0) is 16.2. The van der Waals surface area contributed by atoms with Crippen LogP contribution in [0.3, 0.4) is 0 Å². The molecule has 2 heterocycles. The number of aryl methyl sites for hydroxylation is 1. The molecule has 1 aromatic carbocycles. The molecule has 0 N–H and O–H groups in total. The van der Waals surface area contributed by atoms with E-state index in [2.05, 4.69) is 34.5 Å². The van der Waals surface area contributed by atoms with E-state index in [1.54, 1.807) is 0 Å². The highest BCUT2D eigenvalue weighted by molar-refractivity contribution is 5.76. The average Bonchev–Trinajstić information content (AvgIpc) is 3.23. The molecule has 0 saturated carbocycles. The van der Waals surface area contributed by atoms with Crippen molar-refractivity contribution in [2.24, 2.45) is 0 Å². The monoisotopic (exact) mass is 313 g/mol. The largest absolute Gasteiger partial charge is 0.425 e. The van der Waals surface area contributed by atoms with Gasteiger partial charge in [0.1, 0.15) is 0 Å². The molecule has 1 atom stereocenters. The fraction of sp³-hybridized carbons (Fsp3) is 0.500. The van der Waals surface area contributed by atoms with Gasteiger partial charge in [-0.15, -0.1) is 10.2 Å². The van der Waals surface area contributed by atoms with Gasteiger partial charge in [0.15, 0.2) is 0 Å². The number of amides is 1. The Hall–Kier alpha value is -2.17. The third-order valence-corrected chi connectivity index (χ3v) is 4.34. The second-order valence-electron chi connectivity index (χ2n) is 6.42. The molecule has 1 saturated heterocycles. The van der Waals surface area contributed by atoms with Crippen LogP contribution in [0.5, 0.6) is 0 Å². The lowest BCUT2D eigenvalue weighted by molar-refractivity contribution is -0.130. The molecule has 23 heavy (non-hydrogen) atoms. The lowest BCUT2D eigenvalue weighted by Crippen LogP contribution is -2.28. The topological polar surface area (TPSA) is 59.2 Å². The minimum Gasteiger partial charge on any atom is -0.425 e. The van der Waals surface area contributed by atoms with Crippen LogP contribution >= 0.6 is 0 Å². The molecule has 3 rings (SSSR count). The predicted molar refractivity (Wildman–Crippen MR) is 87.1 cm³/mol. The lowest BCUT2D eigenvalue weighted by atomic mass is 9.99. The summed E-state index contributed by atoms with van der Waals surface area (Å²) >= 11 is 0. The number of carbonyl (C=O) groups excluding carboxylic acids is 1. The number of carbonyl (C=O) groups is 1. The van der Waals surface area contributed by atoms with Gasteiger partial charge in [-0.1, -0.05) is 44.2 Å². The quantitative estimate of drug-likeness (QED) is 0.851. The van der Waals surface area contributed by atoms with E-state index < -0.39 is 0 Å². The second-order valence-corrected chi connectivity index (χ2v) is 6.42. The van der Waals surface area contributed by atoms with Gasteiger partial charge >= 0.3 is 0 Å². The van der Waals surface area contributed by atoms with Gasteiger partial charge in [0.05, 0.1) is 0 Å². The summed E-state index contributed by atoms with van der Waals surface area (Å²) in [6.45, 7) is 5.66. The van der Waals surface area contributed by atoms with Gasteiger partial charge in [-0.2, -0.15) is 0 Å². The smallest absolute Gasteiger partial charge is 0.223 e. The van der Waals surface area contributed by atoms with Crippen LogP contribution in [0.4, 0.5) is 0 Å². The molecule has 1 amide bonds. The van der Waals surface area contributed by atoms with Crippen molar-refractivity contribution in [2.45, 2.75) is 44.9 Å². The zero-order valence-corrected chi connectivity index (χ0v) is 13.7. The predicted octanol–water partition coefficient (Wildman–Crippen LogP) is 3.14. The Bertz CT molecular complexity index is 651. The van der Waals surface area contributed by atoms with Crippen molar-refractivity contribution in [2.75, 3.05) is 13.1 Å². The zero-order valence-electron chi connectivity index (χ0n) is 13.7. The number of likely N-dealkylation sites (tertiary alicyclic amines) is 1. The Morgan fingerprint density at radius 3 is 2.78 bits per heavy atom. The van der Waals surface area contributed by atoms with Crippen LogP contribution in [0.1, 0.15) is 55.9 Å². The summed E-state index contributed by atoms with van der Waals surface area (Å²) in [6.07, 6.45) is 1.99. The maximum atomic E-state index is 12.4. The normalized spacial score (nSPS) is 17.9. The fourth-order valence-corrected chi connectivity index (χ4v) is 2.96. The first kappa shape index (κ1) is 15.7. The van der Waals surface area contributed by atoms with Gasteiger partial charge in [-0.05, 0) is 12.0 Å². The number of hydrogen-bond acceptors (Lipinski definition) is 4. The van der Waals surface area contributed by atoms with Crippen molar-refractivity contribution >= 4 is 5.91 Å². The minimum atomic E-state index is 0.174. The second kappa shape index (κ2) is 6.94. The van der Waals surface area contributed by atoms with Crippen molar-refractivity contribution in [1.29, 1.82) is 0 Å². The van der Waals surface area contributed by atoms with E-state index in [0.717, 1.165) is 19.5 Å². The van der Waals surface area contributed by atoms with Crippen LogP contribution in [0.15, 0.2) is 34.7 Å². The minimum absolute atomic E-state index is 0.174. The molecule has 1 aliphatic rings. The molecule has 5 heteroatoms. The van der Waals surface area contributed by atoms with Crippen LogP contribution in [0.25, 0.3) is 0 Å². The standard InChI is InChI=1S/C18H23N3O2/c1-13(2)18-20-19-16(23-18)8-9-17(22)21-11-10-15(12-21)14-6-4-3-5-7-14/h3-7,13,15H,8-12H2,1-2H3. The lowest BCUT2D eigenvalue weighted by Gasteiger charge is -2.16. The molecular formula is C18H23N3O2. The molecule has 0 bridgehead atoms. The summed E-state index contributed by atoms with van der Waals surface area (Å²) in [5.41, 5.74) is 1.32. The average molecular weight is 313 g/mol. The van der Waals surface area contributed by atoms with Gasteiger partial charge in [-0.25, -0.2) is 0 Å². The van der Waals surface area contributed by atoms with E-state index in [9.17, 15) is 4.79 Å². The molecule has 1 aliphatic heterocycles. The first-order valence-electron chi connectivity index (χ1n) is 8.28. The van der Waals surface area contributed by atoms with Crippen LogP contribution in [0, 0.1) is 0 Å². The number of benzene rings is 1. The van der Waals surface area contributed by atoms with E-state index in [-0.39, 0.29) is 11.8 Å². The van der Waals surface area contributed by atoms with E-state index in [4.69, 9.17) is 4.42 Å². The van der Waals surface area contributed by atoms with Crippen molar-refractivity contribution in [3.8, 4) is 0 Å². The summed E-state index contributed by atoms with van der Waals surface area (Å²) in [5, 5.41) is 8.01. The molecule has 1 unspecified atom stereocenters. The molecular weight excluding hydrogens is 290 g/mol. The molecule has 1 aromatic heterocycles. The van der Waals surface area contributed by atoms with E-state index in [1.807, 2.05) is 24.8 Å². The number of rotatable bonds is 5. The van der Waals surface area contributed by atoms with Crippen LogP contribution in [0.2, 0.25) is 0 Å². The number of nitrogens with zero attached hydrogens (tertiary/aromatic N) is 3. The summed E-state index contributed by atoms with van der Waals surface area (Å²) in [4.78, 5) is 14.3. The maximum absolute atomic E-state index is 12.4. The molecule has 122 valence electrons. The Kier molecular flexibility index (Phi) is 4.74. The van der Waals surface area contributed by atoms with Crippen molar-refractivity contribution < 1.29 is 9.21 Å². The van der Waals surface area contributed by atoms with Crippen molar-refractivity contribution in [3.63, 3.8) is 0 Å². The van der Waals surface area contributed by atoms with E-state index in [0.29, 0.717) is 30.5 Å². The molecule has 2 aromatic rings. The van der Waals surface area contributed by atoms with Crippen molar-refractivity contribution in [3.05, 3.63) is 47.7 Å². The first-order valence-corrected chi connectivity index (χ1v) is 8.28. The third-order valence-electron chi connectivity index (χ3n) is 4.34. The van der Waals surface area contributed by atoms with Gasteiger partial charge in [0, 0.05) is 37.8 Å². The van der Waals surface area contributed by atoms with Gasteiger partial charge in [-0.3, -0.25) is 4.79 Å². The third kappa shape index (κ3) is 3.78. The van der Waals surface area contributed by atoms with Crippen LogP contribution in [-0.2, 0) is 11.2 Å². The highest BCUT2D eigenvalue weighted by Gasteiger charge is 2.27. The van der Waals surface area contributed by atoms with Gasteiger partial charge < -0.3 is 9.32 Å². The van der Waals surface area contributed by atoms with Gasteiger partial charge in [0.2, 0.25) is 17.7 Å². The maximum Gasteiger partial charge on any atom is 0.223 e.